The Balaban J connectivity index is 2.59. The summed E-state index contributed by atoms with van der Waals surface area (Å²) >= 11 is 0. The van der Waals surface area contributed by atoms with Gasteiger partial charge in [0.15, 0.2) is 0 Å². The summed E-state index contributed by atoms with van der Waals surface area (Å²) in [6, 6.07) is -2.13. The monoisotopic (exact) mass is 284 g/mol. The Kier molecular flexibility index (Phi) is 5.07. The summed E-state index contributed by atoms with van der Waals surface area (Å²) in [4.78, 5) is 34.4. The molecule has 0 radical (unpaired) electrons. The van der Waals surface area contributed by atoms with E-state index in [1.807, 2.05) is 0 Å². The fraction of sp³-hybridized carbons (Fsp3) is 0.455. The number of aryl methyl sites for hydroxylation is 1. The Morgan fingerprint density at radius 1 is 1.45 bits per heavy atom. The van der Waals surface area contributed by atoms with E-state index in [4.69, 9.17) is 10.2 Å². The molecule has 9 nitrogen and oxygen atoms in total. The standard InChI is InChI=1S/C11H16N4O5/c1-14(5-7-4-12-15(2)6-7)11(20)13-8(10(18)19)3-9(16)17/h4,6,8H,3,5H2,1-2H3,(H,13,20)(H,16,17)(H,18,19)/t8-/m1/s1. The predicted molar refractivity (Wildman–Crippen MR) is 66.9 cm³/mol. The fourth-order valence-corrected chi connectivity index (χ4v) is 1.53. The second-order valence-electron chi connectivity index (χ2n) is 4.32. The van der Waals surface area contributed by atoms with Gasteiger partial charge in [-0.3, -0.25) is 9.48 Å². The summed E-state index contributed by atoms with van der Waals surface area (Å²) < 4.78 is 1.57. The number of carboxylic acids is 2. The number of hydrogen-bond acceptors (Lipinski definition) is 4. The Morgan fingerprint density at radius 3 is 2.55 bits per heavy atom. The Labute approximate surface area is 114 Å². The van der Waals surface area contributed by atoms with E-state index in [0.717, 1.165) is 5.56 Å². The Hall–Kier alpha value is -2.58. The topological polar surface area (TPSA) is 125 Å². The molecule has 0 fully saturated rings. The first-order chi connectivity index (χ1) is 9.29. The zero-order valence-corrected chi connectivity index (χ0v) is 11.1. The van der Waals surface area contributed by atoms with Crippen LogP contribution in [-0.4, -0.2) is 56.0 Å². The number of carbonyl (C=O) groups excluding carboxylic acids is 1. The van der Waals surface area contributed by atoms with Crippen molar-refractivity contribution in [2.45, 2.75) is 19.0 Å². The van der Waals surface area contributed by atoms with Gasteiger partial charge in [0.05, 0.1) is 19.2 Å². The van der Waals surface area contributed by atoms with E-state index in [2.05, 4.69) is 10.4 Å². The van der Waals surface area contributed by atoms with Gasteiger partial charge in [0.1, 0.15) is 6.04 Å². The molecule has 0 unspecified atom stereocenters. The fourth-order valence-electron chi connectivity index (χ4n) is 1.53. The van der Waals surface area contributed by atoms with Gasteiger partial charge in [-0.1, -0.05) is 0 Å². The number of rotatable bonds is 6. The first-order valence-electron chi connectivity index (χ1n) is 5.73. The first-order valence-corrected chi connectivity index (χ1v) is 5.73. The molecular weight excluding hydrogens is 268 g/mol. The maximum Gasteiger partial charge on any atom is 0.326 e. The lowest BCUT2D eigenvalue weighted by atomic mass is 10.2. The molecule has 0 saturated carbocycles. The normalized spacial score (nSPS) is 11.7. The van der Waals surface area contributed by atoms with Crippen LogP contribution in [0, 0.1) is 0 Å². The van der Waals surface area contributed by atoms with E-state index in [0.29, 0.717) is 0 Å². The van der Waals surface area contributed by atoms with E-state index < -0.39 is 30.4 Å². The Bertz CT molecular complexity index is 513. The molecule has 0 aliphatic heterocycles. The van der Waals surface area contributed by atoms with E-state index in [1.54, 1.807) is 24.1 Å². The molecular formula is C11H16N4O5. The molecule has 3 N–H and O–H groups in total. The van der Waals surface area contributed by atoms with E-state index in [-0.39, 0.29) is 6.54 Å². The van der Waals surface area contributed by atoms with Crippen LogP contribution in [0.15, 0.2) is 12.4 Å². The van der Waals surface area contributed by atoms with Crippen LogP contribution in [0.3, 0.4) is 0 Å². The SMILES string of the molecule is CN(Cc1cnn(C)c1)C(=O)N[C@H](CC(=O)O)C(=O)O. The lowest BCUT2D eigenvalue weighted by Gasteiger charge is -2.20. The summed E-state index contributed by atoms with van der Waals surface area (Å²) in [6.45, 7) is 0.235. The van der Waals surface area contributed by atoms with E-state index >= 15 is 0 Å². The maximum atomic E-state index is 11.8. The van der Waals surface area contributed by atoms with Crippen molar-refractivity contribution in [2.24, 2.45) is 7.05 Å². The highest BCUT2D eigenvalue weighted by molar-refractivity contribution is 5.86. The highest BCUT2D eigenvalue weighted by Gasteiger charge is 2.24. The van der Waals surface area contributed by atoms with Gasteiger partial charge in [0.25, 0.3) is 0 Å². The Morgan fingerprint density at radius 2 is 2.10 bits per heavy atom. The van der Waals surface area contributed by atoms with Crippen LogP contribution in [0.2, 0.25) is 0 Å². The molecule has 1 atom stereocenters. The van der Waals surface area contributed by atoms with Gasteiger partial charge in [0.2, 0.25) is 0 Å². The molecule has 0 spiro atoms. The largest absolute Gasteiger partial charge is 0.481 e. The molecule has 110 valence electrons. The smallest absolute Gasteiger partial charge is 0.326 e. The van der Waals surface area contributed by atoms with E-state index in [9.17, 15) is 14.4 Å². The van der Waals surface area contributed by atoms with Crippen molar-refractivity contribution in [3.8, 4) is 0 Å². The van der Waals surface area contributed by atoms with Crippen molar-refractivity contribution >= 4 is 18.0 Å². The molecule has 2 amide bonds. The molecule has 1 aromatic rings. The van der Waals surface area contributed by atoms with Gasteiger partial charge >= 0.3 is 18.0 Å². The number of nitrogens with zero attached hydrogens (tertiary/aromatic N) is 3. The van der Waals surface area contributed by atoms with Crippen LogP contribution >= 0.6 is 0 Å². The van der Waals surface area contributed by atoms with Crippen LogP contribution < -0.4 is 5.32 Å². The zero-order chi connectivity index (χ0) is 15.3. The third kappa shape index (κ3) is 4.59. The van der Waals surface area contributed by atoms with Crippen LogP contribution in [-0.2, 0) is 23.2 Å². The number of urea groups is 1. The predicted octanol–water partition coefficient (Wildman–Crippen LogP) is -0.511. The summed E-state index contributed by atoms with van der Waals surface area (Å²) in [6.07, 6.45) is 2.62. The van der Waals surface area contributed by atoms with Crippen LogP contribution in [0.5, 0.6) is 0 Å². The van der Waals surface area contributed by atoms with Crippen LogP contribution in [0.25, 0.3) is 0 Å². The number of amides is 2. The molecule has 9 heteroatoms. The number of carbonyl (C=O) groups is 3. The minimum absolute atomic E-state index is 0.235. The van der Waals surface area contributed by atoms with Crippen LogP contribution in [0.4, 0.5) is 4.79 Å². The lowest BCUT2D eigenvalue weighted by Crippen LogP contribution is -2.47. The van der Waals surface area contributed by atoms with Gasteiger partial charge in [-0.05, 0) is 0 Å². The van der Waals surface area contributed by atoms with Crippen molar-refractivity contribution in [3.63, 3.8) is 0 Å². The van der Waals surface area contributed by atoms with E-state index in [1.165, 1.54) is 11.9 Å². The van der Waals surface area contributed by atoms with Crippen molar-refractivity contribution in [1.29, 1.82) is 0 Å². The highest BCUT2D eigenvalue weighted by Crippen LogP contribution is 2.02. The van der Waals surface area contributed by atoms with Gasteiger partial charge < -0.3 is 20.4 Å². The average molecular weight is 284 g/mol. The molecule has 0 bridgehead atoms. The van der Waals surface area contributed by atoms with Crippen molar-refractivity contribution in [2.75, 3.05) is 7.05 Å². The highest BCUT2D eigenvalue weighted by atomic mass is 16.4. The minimum Gasteiger partial charge on any atom is -0.481 e. The summed E-state index contributed by atoms with van der Waals surface area (Å²) in [5.74, 6) is -2.69. The number of hydrogen-bond donors (Lipinski definition) is 3. The minimum atomic E-state index is -1.46. The number of aromatic nitrogens is 2. The number of nitrogens with one attached hydrogen (secondary N) is 1. The lowest BCUT2D eigenvalue weighted by molar-refractivity contribution is -0.145. The maximum absolute atomic E-state index is 11.8. The van der Waals surface area contributed by atoms with Crippen molar-refractivity contribution in [3.05, 3.63) is 18.0 Å². The molecule has 1 heterocycles. The molecule has 0 aliphatic carbocycles. The molecule has 0 aromatic carbocycles. The van der Waals surface area contributed by atoms with Crippen molar-refractivity contribution < 1.29 is 24.6 Å². The summed E-state index contributed by atoms with van der Waals surface area (Å²) in [7, 11) is 3.21. The third-order valence-corrected chi connectivity index (χ3v) is 2.50. The number of aliphatic carboxylic acids is 2. The van der Waals surface area contributed by atoms with Gasteiger partial charge in [-0.2, -0.15) is 5.10 Å². The van der Waals surface area contributed by atoms with Gasteiger partial charge in [0, 0.05) is 25.9 Å². The quantitative estimate of drug-likeness (QED) is 0.646. The molecule has 0 saturated heterocycles. The third-order valence-electron chi connectivity index (χ3n) is 2.50. The molecule has 1 rings (SSSR count). The molecule has 20 heavy (non-hydrogen) atoms. The van der Waals surface area contributed by atoms with Crippen molar-refractivity contribution in [1.82, 2.24) is 20.0 Å². The second-order valence-corrected chi connectivity index (χ2v) is 4.32. The average Bonchev–Trinajstić information content (AvgIpc) is 2.72. The van der Waals surface area contributed by atoms with Crippen LogP contribution in [0.1, 0.15) is 12.0 Å². The summed E-state index contributed by atoms with van der Waals surface area (Å²) in [5.41, 5.74) is 0.773. The van der Waals surface area contributed by atoms with Gasteiger partial charge in [-0.25, -0.2) is 9.59 Å². The molecule has 1 aromatic heterocycles. The number of carboxylic acid groups (broad SMARTS) is 2. The first kappa shape index (κ1) is 15.5. The zero-order valence-electron chi connectivity index (χ0n) is 11.1. The van der Waals surface area contributed by atoms with Gasteiger partial charge in [-0.15, -0.1) is 0 Å². The molecule has 0 aliphatic rings. The second kappa shape index (κ2) is 6.55. The summed E-state index contributed by atoms with van der Waals surface area (Å²) in [5, 5.41) is 23.5.